The fourth-order valence-corrected chi connectivity index (χ4v) is 10.5. The molecule has 0 nitrogen and oxygen atoms in total. The first-order chi connectivity index (χ1) is 17.9. The summed E-state index contributed by atoms with van der Waals surface area (Å²) in [6, 6.07) is 56.1. The molecule has 0 bridgehead atoms. The molecule has 0 spiro atoms. The molecule has 170 valence electrons. The Hall–Kier alpha value is -4.12. The summed E-state index contributed by atoms with van der Waals surface area (Å²) in [5, 5.41) is 8.18. The van der Waals surface area contributed by atoms with Crippen LogP contribution in [0.2, 0.25) is 0 Å². The Kier molecular flexibility index (Phi) is 5.01. The van der Waals surface area contributed by atoms with Gasteiger partial charge in [-0.2, -0.15) is 0 Å². The van der Waals surface area contributed by atoms with Gasteiger partial charge in [-0.3, -0.25) is 0 Å². The SMILES string of the molecule is c1ccc(P(=C2c3ccccc3-c3cc4ccccc4cc32)(c2ccccc2)c2ccccc2)cc1. The van der Waals surface area contributed by atoms with Crippen LogP contribution in [0, 0.1) is 0 Å². The molecule has 1 aliphatic carbocycles. The smallest absolute Gasteiger partial charge is 0.000256 e. The van der Waals surface area contributed by atoms with Crippen molar-refractivity contribution in [3.8, 4) is 11.1 Å². The number of hydrogen-bond acceptors (Lipinski definition) is 0. The Balaban J connectivity index is 1.79. The Morgan fingerprint density at radius 1 is 0.306 bits per heavy atom. The van der Waals surface area contributed by atoms with E-state index in [1.807, 2.05) is 0 Å². The van der Waals surface area contributed by atoms with Crippen LogP contribution in [0.3, 0.4) is 0 Å². The van der Waals surface area contributed by atoms with Crippen molar-refractivity contribution in [3.63, 3.8) is 0 Å². The molecular weight excluding hydrogens is 451 g/mol. The zero-order chi connectivity index (χ0) is 24.0. The third-order valence-corrected chi connectivity index (χ3v) is 11.8. The lowest BCUT2D eigenvalue weighted by molar-refractivity contribution is 1.67. The molecule has 0 saturated heterocycles. The molecule has 36 heavy (non-hydrogen) atoms. The van der Waals surface area contributed by atoms with Gasteiger partial charge >= 0.3 is 0 Å². The van der Waals surface area contributed by atoms with Gasteiger partial charge in [0, 0.05) is 5.29 Å². The summed E-state index contributed by atoms with van der Waals surface area (Å²) in [4.78, 5) is 0. The molecule has 0 fully saturated rings. The van der Waals surface area contributed by atoms with E-state index in [9.17, 15) is 0 Å². The average Bonchev–Trinajstić information content (AvgIpc) is 3.28. The first-order valence-electron chi connectivity index (χ1n) is 12.4. The molecule has 6 aromatic rings. The van der Waals surface area contributed by atoms with E-state index in [4.69, 9.17) is 0 Å². The first-order valence-corrected chi connectivity index (χ1v) is 14.2. The topological polar surface area (TPSA) is 0 Å². The van der Waals surface area contributed by atoms with Crippen LogP contribution in [0.15, 0.2) is 152 Å². The maximum absolute atomic E-state index is 2.43. The zero-order valence-corrected chi connectivity index (χ0v) is 20.8. The Bertz CT molecular complexity index is 1660. The number of benzene rings is 6. The molecule has 0 atom stereocenters. The van der Waals surface area contributed by atoms with Crippen LogP contribution in [-0.4, -0.2) is 5.29 Å². The number of rotatable bonds is 3. The van der Waals surface area contributed by atoms with Crippen molar-refractivity contribution in [1.82, 2.24) is 0 Å². The molecule has 1 heteroatoms. The van der Waals surface area contributed by atoms with Gasteiger partial charge in [-0.1, -0.05) is 140 Å². The fraction of sp³-hybridized carbons (Fsp3) is 0. The second-order valence-corrected chi connectivity index (χ2v) is 12.7. The quantitative estimate of drug-likeness (QED) is 0.233. The van der Waals surface area contributed by atoms with Crippen molar-refractivity contribution in [2.75, 3.05) is 0 Å². The minimum Gasteiger partial charge on any atom is -0.0622 e. The zero-order valence-electron chi connectivity index (χ0n) is 19.9. The Labute approximate surface area is 212 Å². The monoisotopic (exact) mass is 476 g/mol. The Morgan fingerprint density at radius 2 is 0.694 bits per heavy atom. The second kappa shape index (κ2) is 8.52. The molecule has 0 aliphatic heterocycles. The van der Waals surface area contributed by atoms with Crippen molar-refractivity contribution in [1.29, 1.82) is 0 Å². The maximum atomic E-state index is 2.43. The van der Waals surface area contributed by atoms with Crippen LogP contribution >= 0.6 is 6.89 Å². The molecule has 1 aliphatic rings. The van der Waals surface area contributed by atoms with Crippen molar-refractivity contribution in [2.45, 2.75) is 0 Å². The lowest BCUT2D eigenvalue weighted by Gasteiger charge is -2.32. The highest BCUT2D eigenvalue weighted by molar-refractivity contribution is 7.96. The van der Waals surface area contributed by atoms with E-state index in [-0.39, 0.29) is 0 Å². The van der Waals surface area contributed by atoms with E-state index in [1.165, 1.54) is 54.2 Å². The number of fused-ring (bicyclic) bond motifs is 4. The molecule has 0 radical (unpaired) electrons. The van der Waals surface area contributed by atoms with E-state index in [0.717, 1.165) is 0 Å². The van der Waals surface area contributed by atoms with Gasteiger partial charge in [0.1, 0.15) is 0 Å². The fourth-order valence-electron chi connectivity index (χ4n) is 5.88. The molecule has 7 rings (SSSR count). The second-order valence-electron chi connectivity index (χ2n) is 9.32. The summed E-state index contributed by atoms with van der Waals surface area (Å²) < 4.78 is 0. The van der Waals surface area contributed by atoms with E-state index < -0.39 is 6.89 Å². The minimum atomic E-state index is -2.23. The van der Waals surface area contributed by atoms with Gasteiger partial charge < -0.3 is 0 Å². The highest BCUT2D eigenvalue weighted by atomic mass is 31.2. The molecule has 0 unspecified atom stereocenters. The van der Waals surface area contributed by atoms with E-state index in [2.05, 4.69) is 152 Å². The lowest BCUT2D eigenvalue weighted by Crippen LogP contribution is -2.30. The van der Waals surface area contributed by atoms with Crippen LogP contribution in [0.1, 0.15) is 11.1 Å². The predicted octanol–water partition coefficient (Wildman–Crippen LogP) is 7.38. The summed E-state index contributed by atoms with van der Waals surface area (Å²) in [6.07, 6.45) is 0. The van der Waals surface area contributed by atoms with Gasteiger partial charge in [-0.15, -0.1) is 0 Å². The lowest BCUT2D eigenvalue weighted by atomic mass is 10.0. The number of hydrogen-bond donors (Lipinski definition) is 0. The van der Waals surface area contributed by atoms with Gasteiger partial charge in [0.15, 0.2) is 0 Å². The van der Waals surface area contributed by atoms with Crippen LogP contribution in [0.5, 0.6) is 0 Å². The summed E-state index contributed by atoms with van der Waals surface area (Å²) in [5.74, 6) is 0. The third-order valence-electron chi connectivity index (χ3n) is 7.38. The predicted molar refractivity (Wildman–Crippen MR) is 158 cm³/mol. The van der Waals surface area contributed by atoms with Crippen LogP contribution in [0.4, 0.5) is 0 Å². The molecule has 0 aromatic heterocycles. The largest absolute Gasteiger partial charge is 0.0622 e. The minimum absolute atomic E-state index is 1.29. The molecule has 6 aromatic carbocycles. The van der Waals surface area contributed by atoms with Gasteiger partial charge in [0.25, 0.3) is 0 Å². The normalized spacial score (nSPS) is 12.4. The summed E-state index contributed by atoms with van der Waals surface area (Å²) in [7, 11) is 0. The molecule has 0 saturated carbocycles. The summed E-state index contributed by atoms with van der Waals surface area (Å²) >= 11 is 0. The van der Waals surface area contributed by atoms with Gasteiger partial charge in [-0.05, 0) is 68.0 Å². The molecule has 0 N–H and O–H groups in total. The Morgan fingerprint density at radius 3 is 1.19 bits per heavy atom. The van der Waals surface area contributed by atoms with Gasteiger partial charge in [-0.25, -0.2) is 0 Å². The molecule has 0 heterocycles. The first kappa shape index (κ1) is 21.2. The van der Waals surface area contributed by atoms with Crippen molar-refractivity contribution < 1.29 is 0 Å². The van der Waals surface area contributed by atoms with Crippen LogP contribution in [-0.2, 0) is 0 Å². The molecular formula is C35H25P. The van der Waals surface area contributed by atoms with E-state index in [1.54, 1.807) is 0 Å². The van der Waals surface area contributed by atoms with Crippen LogP contribution in [0.25, 0.3) is 21.9 Å². The van der Waals surface area contributed by atoms with E-state index >= 15 is 0 Å². The van der Waals surface area contributed by atoms with Gasteiger partial charge in [0.2, 0.25) is 0 Å². The summed E-state index contributed by atoms with van der Waals surface area (Å²) in [6.45, 7) is -2.23. The third kappa shape index (κ3) is 3.08. The maximum Gasteiger partial charge on any atom is 0.000256 e. The summed E-state index contributed by atoms with van der Waals surface area (Å²) in [5.41, 5.74) is 5.39. The standard InChI is InChI=1S/C35H25P/c1-4-16-28(17-5-1)36(29-18-6-2-7-19-29,30-20-8-3-9-21-30)35-32-23-13-12-22-31(32)33-24-26-14-10-11-15-27(26)25-34(33)35/h1-25H. The average molecular weight is 477 g/mol. The highest BCUT2D eigenvalue weighted by Crippen LogP contribution is 2.54. The van der Waals surface area contributed by atoms with Crippen LogP contribution < -0.4 is 15.9 Å². The van der Waals surface area contributed by atoms with E-state index in [0.29, 0.717) is 0 Å². The van der Waals surface area contributed by atoms with Crippen molar-refractivity contribution in [3.05, 3.63) is 163 Å². The van der Waals surface area contributed by atoms with Crippen molar-refractivity contribution >= 4 is 38.9 Å². The van der Waals surface area contributed by atoms with Crippen molar-refractivity contribution in [2.24, 2.45) is 0 Å². The molecule has 0 amide bonds. The van der Waals surface area contributed by atoms with Gasteiger partial charge in [0.05, 0.1) is 0 Å². The highest BCUT2D eigenvalue weighted by Gasteiger charge is 2.36.